The Labute approximate surface area is 90.0 Å². The van der Waals surface area contributed by atoms with Gasteiger partial charge in [0.05, 0.1) is 25.9 Å². The summed E-state index contributed by atoms with van der Waals surface area (Å²) in [4.78, 5) is 4.59. The third-order valence-electron chi connectivity index (χ3n) is 2.92. The molecule has 1 heterocycles. The van der Waals surface area contributed by atoms with E-state index < -0.39 is 0 Å². The van der Waals surface area contributed by atoms with E-state index in [4.69, 9.17) is 15.3 Å². The molecule has 1 unspecified atom stereocenters. The Morgan fingerprint density at radius 3 is 2.67 bits per heavy atom. The lowest BCUT2D eigenvalue weighted by molar-refractivity contribution is -0.0606. The molecule has 0 amide bonds. The van der Waals surface area contributed by atoms with Crippen molar-refractivity contribution in [2.75, 3.05) is 19.8 Å². The van der Waals surface area contributed by atoms with E-state index >= 15 is 0 Å². The van der Waals surface area contributed by atoms with Gasteiger partial charge in [-0.25, -0.2) is 5.84 Å². The topological polar surface area (TPSA) is 68.9 Å². The Morgan fingerprint density at radius 1 is 1.27 bits per heavy atom. The first-order valence-corrected chi connectivity index (χ1v) is 5.64. The second-order valence-electron chi connectivity index (χ2n) is 4.03. The molecule has 5 nitrogen and oxygen atoms in total. The predicted octanol–water partition coefficient (Wildman–Crippen LogP) is 0.206. The fourth-order valence-corrected chi connectivity index (χ4v) is 2.09. The first-order valence-electron chi connectivity index (χ1n) is 5.64. The maximum absolute atomic E-state index is 5.54. The number of hydrogen-bond donors (Lipinski definition) is 2. The highest BCUT2D eigenvalue weighted by Crippen LogP contribution is 2.21. The molecule has 1 aliphatic heterocycles. The van der Waals surface area contributed by atoms with Crippen LogP contribution in [-0.4, -0.2) is 37.8 Å². The molecule has 0 spiro atoms. The van der Waals surface area contributed by atoms with Gasteiger partial charge in [0.1, 0.15) is 11.9 Å². The van der Waals surface area contributed by atoms with Crippen LogP contribution in [-0.2, 0) is 9.47 Å². The molecule has 1 saturated carbocycles. The summed E-state index contributed by atoms with van der Waals surface area (Å²) < 4.78 is 10.9. The van der Waals surface area contributed by atoms with Gasteiger partial charge >= 0.3 is 0 Å². The van der Waals surface area contributed by atoms with Gasteiger partial charge in [0.15, 0.2) is 0 Å². The average molecular weight is 213 g/mol. The molecule has 0 aromatic heterocycles. The van der Waals surface area contributed by atoms with Crippen LogP contribution in [0.4, 0.5) is 0 Å². The fraction of sp³-hybridized carbons (Fsp3) is 0.900. The van der Waals surface area contributed by atoms with Gasteiger partial charge in [-0.2, -0.15) is 0 Å². The minimum atomic E-state index is -0.107. The van der Waals surface area contributed by atoms with Gasteiger partial charge in [-0.3, -0.25) is 4.99 Å². The van der Waals surface area contributed by atoms with Gasteiger partial charge in [0.2, 0.25) is 0 Å². The summed E-state index contributed by atoms with van der Waals surface area (Å²) >= 11 is 0. The minimum absolute atomic E-state index is 0.107. The van der Waals surface area contributed by atoms with Crippen molar-refractivity contribution in [1.29, 1.82) is 0 Å². The number of hydrazine groups is 1. The van der Waals surface area contributed by atoms with Gasteiger partial charge in [-0.15, -0.1) is 0 Å². The molecule has 2 rings (SSSR count). The molecule has 0 aromatic carbocycles. The number of ether oxygens (including phenoxy) is 2. The van der Waals surface area contributed by atoms with Crippen molar-refractivity contribution in [1.82, 2.24) is 5.43 Å². The first-order chi connectivity index (χ1) is 7.40. The number of nitrogens with zero attached hydrogens (tertiary/aromatic N) is 1. The zero-order valence-corrected chi connectivity index (χ0v) is 8.95. The van der Waals surface area contributed by atoms with Gasteiger partial charge in [-0.05, 0) is 12.8 Å². The highest BCUT2D eigenvalue weighted by Gasteiger charge is 2.22. The smallest absolute Gasteiger partial charge is 0.143 e. The second-order valence-corrected chi connectivity index (χ2v) is 4.03. The summed E-state index contributed by atoms with van der Waals surface area (Å²) in [5, 5.41) is 0. The molecule has 1 saturated heterocycles. The molecule has 3 N–H and O–H groups in total. The van der Waals surface area contributed by atoms with E-state index in [1.54, 1.807) is 0 Å². The van der Waals surface area contributed by atoms with E-state index in [1.165, 1.54) is 25.7 Å². The number of nitrogens with two attached hydrogens (primary N) is 1. The summed E-state index contributed by atoms with van der Waals surface area (Å²) in [6.07, 6.45) is 4.77. The minimum Gasteiger partial charge on any atom is -0.376 e. The van der Waals surface area contributed by atoms with Crippen LogP contribution >= 0.6 is 0 Å². The van der Waals surface area contributed by atoms with E-state index in [-0.39, 0.29) is 6.10 Å². The van der Waals surface area contributed by atoms with E-state index in [1.807, 2.05) is 0 Å². The molecule has 2 aliphatic rings. The number of aliphatic imine (C=N–C) groups is 1. The van der Waals surface area contributed by atoms with E-state index in [2.05, 4.69) is 10.4 Å². The van der Waals surface area contributed by atoms with Gasteiger partial charge in [-0.1, -0.05) is 12.8 Å². The van der Waals surface area contributed by atoms with E-state index in [9.17, 15) is 0 Å². The molecule has 5 heteroatoms. The van der Waals surface area contributed by atoms with Crippen molar-refractivity contribution in [3.63, 3.8) is 0 Å². The summed E-state index contributed by atoms with van der Waals surface area (Å²) in [5.41, 5.74) is 2.64. The van der Waals surface area contributed by atoms with E-state index in [0.29, 0.717) is 25.9 Å². The Morgan fingerprint density at radius 2 is 2.07 bits per heavy atom. The molecular formula is C10H19N3O2. The van der Waals surface area contributed by atoms with Gasteiger partial charge in [0, 0.05) is 0 Å². The first kappa shape index (κ1) is 10.9. The molecule has 1 aliphatic carbocycles. The highest BCUT2D eigenvalue weighted by atomic mass is 16.6. The fourth-order valence-electron chi connectivity index (χ4n) is 2.09. The Bertz CT molecular complexity index is 221. The Balaban J connectivity index is 1.94. The normalized spacial score (nSPS) is 29.4. The third-order valence-corrected chi connectivity index (χ3v) is 2.92. The number of amidine groups is 1. The predicted molar refractivity (Wildman–Crippen MR) is 57.6 cm³/mol. The van der Waals surface area contributed by atoms with Crippen LogP contribution in [0.15, 0.2) is 4.99 Å². The summed E-state index contributed by atoms with van der Waals surface area (Å²) in [6, 6.07) is 0.418. The number of nitrogens with one attached hydrogen (secondary N) is 1. The SMILES string of the molecule is NNC(=NC1CCCC1)C1COCCO1. The van der Waals surface area contributed by atoms with Crippen LogP contribution in [0.1, 0.15) is 25.7 Å². The lowest BCUT2D eigenvalue weighted by Crippen LogP contribution is -2.46. The van der Waals surface area contributed by atoms with Gasteiger partial charge in [0.25, 0.3) is 0 Å². The van der Waals surface area contributed by atoms with Crippen LogP contribution in [0.3, 0.4) is 0 Å². The molecule has 0 radical (unpaired) electrons. The largest absolute Gasteiger partial charge is 0.376 e. The maximum Gasteiger partial charge on any atom is 0.143 e. The number of rotatable bonds is 2. The maximum atomic E-state index is 5.54. The van der Waals surface area contributed by atoms with Crippen molar-refractivity contribution in [3.05, 3.63) is 0 Å². The van der Waals surface area contributed by atoms with Gasteiger partial charge < -0.3 is 14.9 Å². The molecule has 0 bridgehead atoms. The third kappa shape index (κ3) is 2.90. The van der Waals surface area contributed by atoms with Crippen LogP contribution in [0, 0.1) is 0 Å². The lowest BCUT2D eigenvalue weighted by Gasteiger charge is -2.24. The number of hydrogen-bond acceptors (Lipinski definition) is 4. The zero-order chi connectivity index (χ0) is 10.5. The highest BCUT2D eigenvalue weighted by molar-refractivity contribution is 5.86. The summed E-state index contributed by atoms with van der Waals surface area (Å²) in [7, 11) is 0. The van der Waals surface area contributed by atoms with Crippen molar-refractivity contribution >= 4 is 5.84 Å². The second kappa shape index (κ2) is 5.44. The summed E-state index contributed by atoms with van der Waals surface area (Å²) in [5.74, 6) is 6.20. The Kier molecular flexibility index (Phi) is 3.94. The van der Waals surface area contributed by atoms with Crippen molar-refractivity contribution in [3.8, 4) is 0 Å². The average Bonchev–Trinajstić information content (AvgIpc) is 2.80. The lowest BCUT2D eigenvalue weighted by atomic mass is 10.2. The summed E-state index contributed by atoms with van der Waals surface area (Å²) in [6.45, 7) is 1.84. The van der Waals surface area contributed by atoms with Crippen LogP contribution in [0.25, 0.3) is 0 Å². The standard InChI is InChI=1S/C10H19N3O2/c11-13-10(9-7-14-5-6-15-9)12-8-3-1-2-4-8/h8-9H,1-7,11H2,(H,12,13). The van der Waals surface area contributed by atoms with Crippen molar-refractivity contribution in [2.24, 2.45) is 10.8 Å². The molecule has 1 atom stereocenters. The van der Waals surface area contributed by atoms with Crippen LogP contribution in [0.2, 0.25) is 0 Å². The molecular weight excluding hydrogens is 194 g/mol. The molecule has 15 heavy (non-hydrogen) atoms. The van der Waals surface area contributed by atoms with Crippen LogP contribution < -0.4 is 11.3 Å². The zero-order valence-electron chi connectivity index (χ0n) is 8.95. The van der Waals surface area contributed by atoms with E-state index in [0.717, 1.165) is 5.84 Å². The van der Waals surface area contributed by atoms with Crippen molar-refractivity contribution in [2.45, 2.75) is 37.8 Å². The Hall–Kier alpha value is -0.650. The molecule has 86 valence electrons. The quantitative estimate of drug-likeness (QED) is 0.298. The molecule has 0 aromatic rings. The van der Waals surface area contributed by atoms with Crippen LogP contribution in [0.5, 0.6) is 0 Å². The van der Waals surface area contributed by atoms with Crippen molar-refractivity contribution < 1.29 is 9.47 Å². The molecule has 2 fully saturated rings. The monoisotopic (exact) mass is 213 g/mol.